The Kier molecular flexibility index (Phi) is 9.47. The highest BCUT2D eigenvalue weighted by atomic mass is 16.1. The van der Waals surface area contributed by atoms with Crippen LogP contribution in [0.4, 0.5) is 0 Å². The number of rotatable bonds is 11. The molecule has 2 heteroatoms. The van der Waals surface area contributed by atoms with Gasteiger partial charge in [-0.1, -0.05) is 87.9 Å². The van der Waals surface area contributed by atoms with Crippen LogP contribution in [0, 0.1) is 0 Å². The number of unbranched alkanes of at least 4 members (excludes halogenated alkanes) is 6. The summed E-state index contributed by atoms with van der Waals surface area (Å²) >= 11 is 0. The second kappa shape index (κ2) is 12.6. The van der Waals surface area contributed by atoms with Crippen molar-refractivity contribution in [2.75, 3.05) is 6.54 Å². The molecule has 0 unspecified atom stereocenters. The Hall–Kier alpha value is -2.09. The smallest absolute Gasteiger partial charge is 0.220 e. The van der Waals surface area contributed by atoms with E-state index in [-0.39, 0.29) is 5.91 Å². The Morgan fingerprint density at radius 2 is 1.37 bits per heavy atom. The summed E-state index contributed by atoms with van der Waals surface area (Å²) in [6, 6.07) is 16.1. The molecule has 1 N–H and O–H groups in total. The fraction of sp³-hybridized carbons (Fsp3) is 0.536. The number of hydrogen-bond donors (Lipinski definition) is 1. The summed E-state index contributed by atoms with van der Waals surface area (Å²) in [5.41, 5.74) is 6.98. The Morgan fingerprint density at radius 1 is 0.767 bits per heavy atom. The van der Waals surface area contributed by atoms with Crippen molar-refractivity contribution in [2.24, 2.45) is 0 Å². The van der Waals surface area contributed by atoms with Crippen molar-refractivity contribution in [2.45, 2.75) is 90.4 Å². The van der Waals surface area contributed by atoms with Gasteiger partial charge in [-0.15, -0.1) is 0 Å². The third-order valence-electron chi connectivity index (χ3n) is 6.40. The predicted molar refractivity (Wildman–Crippen MR) is 127 cm³/mol. The van der Waals surface area contributed by atoms with E-state index in [1.807, 2.05) is 0 Å². The summed E-state index contributed by atoms with van der Waals surface area (Å²) in [5, 5.41) is 3.13. The fourth-order valence-electron chi connectivity index (χ4n) is 4.40. The summed E-state index contributed by atoms with van der Waals surface area (Å²) in [6.07, 6.45) is 14.7. The van der Waals surface area contributed by atoms with Gasteiger partial charge in [0.2, 0.25) is 5.91 Å². The van der Waals surface area contributed by atoms with Gasteiger partial charge < -0.3 is 5.32 Å². The molecule has 162 valence electrons. The molecule has 0 saturated heterocycles. The summed E-state index contributed by atoms with van der Waals surface area (Å²) in [7, 11) is 0. The van der Waals surface area contributed by atoms with E-state index in [4.69, 9.17) is 0 Å². The van der Waals surface area contributed by atoms with Crippen molar-refractivity contribution in [3.63, 3.8) is 0 Å². The van der Waals surface area contributed by atoms with Crippen molar-refractivity contribution in [1.82, 2.24) is 5.32 Å². The molecule has 1 amide bonds. The van der Waals surface area contributed by atoms with Crippen LogP contribution in [-0.4, -0.2) is 12.5 Å². The number of hydrogen-bond acceptors (Lipinski definition) is 1. The van der Waals surface area contributed by atoms with Crippen molar-refractivity contribution in [3.8, 4) is 0 Å². The highest BCUT2D eigenvalue weighted by Crippen LogP contribution is 2.20. The van der Waals surface area contributed by atoms with Gasteiger partial charge in [-0.05, 0) is 66.3 Å². The van der Waals surface area contributed by atoms with Crippen molar-refractivity contribution in [3.05, 3.63) is 70.3 Å². The van der Waals surface area contributed by atoms with Crippen molar-refractivity contribution in [1.29, 1.82) is 0 Å². The first-order valence-corrected chi connectivity index (χ1v) is 12.2. The molecule has 2 aromatic carbocycles. The topological polar surface area (TPSA) is 29.1 Å². The van der Waals surface area contributed by atoms with Gasteiger partial charge in [0.05, 0.1) is 0 Å². The molecule has 0 saturated carbocycles. The predicted octanol–water partition coefficient (Wildman–Crippen LogP) is 6.37. The molecule has 0 aliphatic heterocycles. The van der Waals surface area contributed by atoms with Crippen LogP contribution in [-0.2, 0) is 36.9 Å². The highest BCUT2D eigenvalue weighted by Gasteiger charge is 2.10. The van der Waals surface area contributed by atoms with E-state index in [0.29, 0.717) is 6.42 Å². The van der Waals surface area contributed by atoms with Crippen LogP contribution < -0.4 is 5.32 Å². The van der Waals surface area contributed by atoms with E-state index in [1.54, 1.807) is 0 Å². The third kappa shape index (κ3) is 7.63. The van der Waals surface area contributed by atoms with Crippen molar-refractivity contribution >= 4 is 5.91 Å². The quantitative estimate of drug-likeness (QED) is 0.432. The molecule has 0 heterocycles. The molecule has 30 heavy (non-hydrogen) atoms. The fourth-order valence-corrected chi connectivity index (χ4v) is 4.40. The van der Waals surface area contributed by atoms with Gasteiger partial charge in [0.15, 0.2) is 0 Å². The lowest BCUT2D eigenvalue weighted by Crippen LogP contribution is -2.24. The Balaban J connectivity index is 1.44. The summed E-state index contributed by atoms with van der Waals surface area (Å²) < 4.78 is 0. The zero-order valence-electron chi connectivity index (χ0n) is 18.8. The second-order valence-corrected chi connectivity index (χ2v) is 8.89. The standard InChI is InChI=1S/C28H39NO/c1-2-3-4-5-6-7-8-21-29-28(30)20-19-27-22-25-14-13-23-9-11-24(12-10-23)15-17-26(27)18-16-25/h9-12,16,18,22H,2-8,13-15,17,19-21H2,1H3,(H,29,30). The molecular formula is C28H39NO. The van der Waals surface area contributed by atoms with Gasteiger partial charge in [-0.2, -0.15) is 0 Å². The van der Waals surface area contributed by atoms with Crippen LogP contribution in [0.2, 0.25) is 0 Å². The van der Waals surface area contributed by atoms with E-state index >= 15 is 0 Å². The number of carbonyl (C=O) groups is 1. The lowest BCUT2D eigenvalue weighted by Gasteiger charge is -2.14. The van der Waals surface area contributed by atoms with Gasteiger partial charge in [0, 0.05) is 13.0 Å². The molecule has 0 atom stereocenters. The molecule has 2 nitrogen and oxygen atoms in total. The molecule has 0 aromatic heterocycles. The van der Waals surface area contributed by atoms with E-state index in [1.165, 1.54) is 66.3 Å². The number of carbonyl (C=O) groups excluding carboxylic acids is 1. The van der Waals surface area contributed by atoms with E-state index in [0.717, 1.165) is 45.1 Å². The summed E-state index contributed by atoms with van der Waals surface area (Å²) in [6.45, 7) is 3.08. The minimum absolute atomic E-state index is 0.202. The minimum Gasteiger partial charge on any atom is -0.356 e. The van der Waals surface area contributed by atoms with E-state index < -0.39 is 0 Å². The molecule has 4 aliphatic carbocycles. The Morgan fingerprint density at radius 3 is 2.10 bits per heavy atom. The molecule has 0 radical (unpaired) electrons. The molecular weight excluding hydrogens is 366 g/mol. The first-order chi connectivity index (χ1) is 14.7. The largest absolute Gasteiger partial charge is 0.356 e. The van der Waals surface area contributed by atoms with Gasteiger partial charge in [-0.25, -0.2) is 0 Å². The lowest BCUT2D eigenvalue weighted by atomic mass is 9.91. The molecule has 6 rings (SSSR count). The number of aryl methyl sites for hydroxylation is 5. The van der Waals surface area contributed by atoms with E-state index in [2.05, 4.69) is 54.7 Å². The third-order valence-corrected chi connectivity index (χ3v) is 6.40. The molecule has 2 aromatic rings. The SMILES string of the molecule is CCCCCCCCCNC(=O)CCc1cc2ccc1CCc1ccc(cc1)CC2. The highest BCUT2D eigenvalue weighted by molar-refractivity contribution is 5.76. The molecule has 4 aliphatic rings. The maximum absolute atomic E-state index is 12.3. The molecule has 4 bridgehead atoms. The zero-order chi connectivity index (χ0) is 21.0. The molecule has 0 spiro atoms. The average Bonchev–Trinajstić information content (AvgIpc) is 2.76. The normalized spacial score (nSPS) is 13.1. The maximum Gasteiger partial charge on any atom is 0.220 e. The first-order valence-electron chi connectivity index (χ1n) is 12.2. The summed E-state index contributed by atoms with van der Waals surface area (Å²) in [4.78, 5) is 12.3. The van der Waals surface area contributed by atoms with E-state index in [9.17, 15) is 4.79 Å². The first kappa shape index (κ1) is 22.6. The van der Waals surface area contributed by atoms with Crippen LogP contribution in [0.5, 0.6) is 0 Å². The van der Waals surface area contributed by atoms with Crippen LogP contribution in [0.3, 0.4) is 0 Å². The van der Waals surface area contributed by atoms with Crippen LogP contribution in [0.25, 0.3) is 0 Å². The van der Waals surface area contributed by atoms with Gasteiger partial charge in [-0.3, -0.25) is 4.79 Å². The maximum atomic E-state index is 12.3. The number of amides is 1. The molecule has 0 fully saturated rings. The van der Waals surface area contributed by atoms with Gasteiger partial charge in [0.25, 0.3) is 0 Å². The van der Waals surface area contributed by atoms with Crippen molar-refractivity contribution < 1.29 is 4.79 Å². The van der Waals surface area contributed by atoms with Crippen LogP contribution >= 0.6 is 0 Å². The van der Waals surface area contributed by atoms with Gasteiger partial charge >= 0.3 is 0 Å². The zero-order valence-corrected chi connectivity index (χ0v) is 18.8. The Labute approximate surface area is 183 Å². The number of nitrogens with one attached hydrogen (secondary N) is 1. The number of benzene rings is 2. The minimum atomic E-state index is 0.202. The lowest BCUT2D eigenvalue weighted by molar-refractivity contribution is -0.121. The van der Waals surface area contributed by atoms with Crippen LogP contribution in [0.1, 0.15) is 86.1 Å². The summed E-state index contributed by atoms with van der Waals surface area (Å²) in [5.74, 6) is 0.202. The van der Waals surface area contributed by atoms with Gasteiger partial charge in [0.1, 0.15) is 0 Å². The monoisotopic (exact) mass is 405 g/mol. The average molecular weight is 406 g/mol. The second-order valence-electron chi connectivity index (χ2n) is 8.89. The van der Waals surface area contributed by atoms with Crippen LogP contribution in [0.15, 0.2) is 42.5 Å². The Bertz CT molecular complexity index is 778.